The Morgan fingerprint density at radius 3 is 2.45 bits per heavy atom. The first-order valence-corrected chi connectivity index (χ1v) is 11.6. The first-order valence-electron chi connectivity index (χ1n) is 9.64. The minimum Gasteiger partial charge on any atom is -0.488 e. The summed E-state index contributed by atoms with van der Waals surface area (Å²) in [7, 11) is -3.18. The third-order valence-electron chi connectivity index (χ3n) is 4.99. The Hall–Kier alpha value is -2.09. The third-order valence-corrected chi connectivity index (χ3v) is 7.12. The van der Waals surface area contributed by atoms with Gasteiger partial charge in [0, 0.05) is 24.2 Å². The van der Waals surface area contributed by atoms with E-state index < -0.39 is 10.0 Å². The second kappa shape index (κ2) is 9.61. The molecule has 1 amide bonds. The van der Waals surface area contributed by atoms with Gasteiger partial charge in [-0.15, -0.1) is 0 Å². The Morgan fingerprint density at radius 1 is 1.14 bits per heavy atom. The van der Waals surface area contributed by atoms with Gasteiger partial charge in [-0.1, -0.05) is 35.9 Å². The van der Waals surface area contributed by atoms with Crippen LogP contribution in [-0.4, -0.2) is 43.5 Å². The summed E-state index contributed by atoms with van der Waals surface area (Å²) >= 11 is 5.90. The number of carbonyl (C=O) groups excluding carboxylic acids is 1. The van der Waals surface area contributed by atoms with Crippen LogP contribution in [0, 0.1) is 0 Å². The highest BCUT2D eigenvalue weighted by atomic mass is 35.5. The second-order valence-electron chi connectivity index (χ2n) is 6.96. The van der Waals surface area contributed by atoms with Gasteiger partial charge in [0.2, 0.25) is 10.0 Å². The zero-order valence-corrected chi connectivity index (χ0v) is 17.9. The van der Waals surface area contributed by atoms with Crippen molar-refractivity contribution in [3.63, 3.8) is 0 Å². The SMILES string of the molecule is CCS(=O)(=O)N1CCC(NC(=O)c2ccccc2OCc2ccc(Cl)cc2)CC1. The smallest absolute Gasteiger partial charge is 0.255 e. The summed E-state index contributed by atoms with van der Waals surface area (Å²) in [5.41, 5.74) is 1.42. The maximum atomic E-state index is 12.8. The van der Waals surface area contributed by atoms with Gasteiger partial charge in [-0.3, -0.25) is 4.79 Å². The number of amides is 1. The van der Waals surface area contributed by atoms with Gasteiger partial charge < -0.3 is 10.1 Å². The molecule has 2 aromatic rings. The fraction of sp³-hybridized carbons (Fsp3) is 0.381. The molecule has 0 bridgehead atoms. The highest BCUT2D eigenvalue weighted by Crippen LogP contribution is 2.21. The highest BCUT2D eigenvalue weighted by Gasteiger charge is 2.28. The van der Waals surface area contributed by atoms with Crippen LogP contribution in [0.1, 0.15) is 35.7 Å². The highest BCUT2D eigenvalue weighted by molar-refractivity contribution is 7.89. The Balaban J connectivity index is 1.59. The minimum absolute atomic E-state index is 0.0601. The molecule has 1 heterocycles. The molecule has 0 radical (unpaired) electrons. The molecule has 8 heteroatoms. The molecule has 3 rings (SSSR count). The van der Waals surface area contributed by atoms with Crippen LogP contribution in [0.3, 0.4) is 0 Å². The molecule has 0 aromatic heterocycles. The lowest BCUT2D eigenvalue weighted by molar-refractivity contribution is 0.0919. The standard InChI is InChI=1S/C21H25ClN2O4S/c1-2-29(26,27)24-13-11-18(12-14-24)23-21(25)19-5-3-4-6-20(19)28-15-16-7-9-17(22)10-8-16/h3-10,18H,2,11-15H2,1H3,(H,23,25). The summed E-state index contributed by atoms with van der Waals surface area (Å²) in [5, 5.41) is 3.67. The number of sulfonamides is 1. The monoisotopic (exact) mass is 436 g/mol. The Labute approximate surface area is 176 Å². The van der Waals surface area contributed by atoms with Crippen LogP contribution < -0.4 is 10.1 Å². The van der Waals surface area contributed by atoms with Crippen molar-refractivity contribution in [1.82, 2.24) is 9.62 Å². The van der Waals surface area contributed by atoms with E-state index in [1.807, 2.05) is 18.2 Å². The molecule has 1 N–H and O–H groups in total. The van der Waals surface area contributed by atoms with E-state index in [1.54, 1.807) is 37.3 Å². The molecule has 1 aliphatic rings. The predicted octanol–water partition coefficient (Wildman–Crippen LogP) is 3.46. The van der Waals surface area contributed by atoms with Gasteiger partial charge in [-0.2, -0.15) is 0 Å². The fourth-order valence-electron chi connectivity index (χ4n) is 3.25. The van der Waals surface area contributed by atoms with E-state index in [0.29, 0.717) is 48.9 Å². The van der Waals surface area contributed by atoms with Gasteiger partial charge in [0.05, 0.1) is 11.3 Å². The molecule has 0 saturated carbocycles. The molecule has 0 unspecified atom stereocenters. The first kappa shape index (κ1) is 21.6. The van der Waals surface area contributed by atoms with Crippen LogP contribution in [0.2, 0.25) is 5.02 Å². The maximum Gasteiger partial charge on any atom is 0.255 e. The van der Waals surface area contributed by atoms with Crippen molar-refractivity contribution in [1.29, 1.82) is 0 Å². The van der Waals surface area contributed by atoms with Gasteiger partial charge in [-0.25, -0.2) is 12.7 Å². The minimum atomic E-state index is -3.18. The van der Waals surface area contributed by atoms with E-state index in [-0.39, 0.29) is 17.7 Å². The molecule has 1 saturated heterocycles. The summed E-state index contributed by atoms with van der Waals surface area (Å²) < 4.78 is 31.3. The van der Waals surface area contributed by atoms with Crippen LogP contribution in [-0.2, 0) is 16.6 Å². The van der Waals surface area contributed by atoms with Crippen LogP contribution in [0.4, 0.5) is 0 Å². The summed E-state index contributed by atoms with van der Waals surface area (Å²) in [4.78, 5) is 12.8. The average Bonchev–Trinajstić information content (AvgIpc) is 2.74. The van der Waals surface area contributed by atoms with Gasteiger partial charge in [0.1, 0.15) is 12.4 Å². The normalized spacial score (nSPS) is 15.8. The van der Waals surface area contributed by atoms with Crippen LogP contribution in [0.5, 0.6) is 5.75 Å². The van der Waals surface area contributed by atoms with E-state index in [9.17, 15) is 13.2 Å². The lowest BCUT2D eigenvalue weighted by atomic mass is 10.1. The number of para-hydroxylation sites is 1. The van der Waals surface area contributed by atoms with Gasteiger partial charge >= 0.3 is 0 Å². The number of hydrogen-bond acceptors (Lipinski definition) is 4. The molecular formula is C21H25ClN2O4S. The summed E-state index contributed by atoms with van der Waals surface area (Å²) in [5.74, 6) is 0.391. The molecule has 2 aromatic carbocycles. The molecule has 156 valence electrons. The summed E-state index contributed by atoms with van der Waals surface area (Å²) in [6.45, 7) is 2.82. The summed E-state index contributed by atoms with van der Waals surface area (Å²) in [6, 6.07) is 14.4. The van der Waals surface area contributed by atoms with Gasteiger partial charge in [0.25, 0.3) is 5.91 Å². The third kappa shape index (κ3) is 5.72. The van der Waals surface area contributed by atoms with E-state index in [0.717, 1.165) is 5.56 Å². The Kier molecular flexibility index (Phi) is 7.16. The number of hydrogen-bond donors (Lipinski definition) is 1. The molecule has 6 nitrogen and oxygen atoms in total. The second-order valence-corrected chi connectivity index (χ2v) is 9.65. The van der Waals surface area contributed by atoms with E-state index >= 15 is 0 Å². The first-order chi connectivity index (χ1) is 13.9. The van der Waals surface area contributed by atoms with Crippen LogP contribution >= 0.6 is 11.6 Å². The predicted molar refractivity (Wildman–Crippen MR) is 114 cm³/mol. The van der Waals surface area contributed by atoms with Crippen LogP contribution in [0.15, 0.2) is 48.5 Å². The van der Waals surface area contributed by atoms with Crippen molar-refractivity contribution in [3.8, 4) is 5.75 Å². The topological polar surface area (TPSA) is 75.7 Å². The number of nitrogens with zero attached hydrogens (tertiary/aromatic N) is 1. The number of nitrogens with one attached hydrogen (secondary N) is 1. The van der Waals surface area contributed by atoms with Crippen molar-refractivity contribution in [3.05, 3.63) is 64.7 Å². The largest absolute Gasteiger partial charge is 0.488 e. The van der Waals surface area contributed by atoms with E-state index in [4.69, 9.17) is 16.3 Å². The van der Waals surface area contributed by atoms with Crippen molar-refractivity contribution in [2.45, 2.75) is 32.4 Å². The van der Waals surface area contributed by atoms with Crippen molar-refractivity contribution < 1.29 is 17.9 Å². The Morgan fingerprint density at radius 2 is 1.79 bits per heavy atom. The molecule has 0 spiro atoms. The molecule has 1 fully saturated rings. The van der Waals surface area contributed by atoms with Gasteiger partial charge in [0.15, 0.2) is 0 Å². The van der Waals surface area contributed by atoms with Crippen molar-refractivity contribution in [2.75, 3.05) is 18.8 Å². The fourth-order valence-corrected chi connectivity index (χ4v) is 4.50. The zero-order valence-electron chi connectivity index (χ0n) is 16.3. The number of rotatable bonds is 7. The molecular weight excluding hydrogens is 412 g/mol. The van der Waals surface area contributed by atoms with Gasteiger partial charge in [-0.05, 0) is 49.6 Å². The maximum absolute atomic E-state index is 12.8. The quantitative estimate of drug-likeness (QED) is 0.721. The molecule has 0 atom stereocenters. The average molecular weight is 437 g/mol. The van der Waals surface area contributed by atoms with E-state index in [2.05, 4.69) is 5.32 Å². The lowest BCUT2D eigenvalue weighted by Gasteiger charge is -2.31. The number of piperidine rings is 1. The molecule has 29 heavy (non-hydrogen) atoms. The number of benzene rings is 2. The molecule has 1 aliphatic heterocycles. The number of carbonyl (C=O) groups is 1. The Bertz CT molecular complexity index is 939. The van der Waals surface area contributed by atoms with Crippen molar-refractivity contribution >= 4 is 27.5 Å². The van der Waals surface area contributed by atoms with Crippen molar-refractivity contribution in [2.24, 2.45) is 0 Å². The zero-order chi connectivity index (χ0) is 20.9. The number of ether oxygens (including phenoxy) is 1. The molecule has 0 aliphatic carbocycles. The lowest BCUT2D eigenvalue weighted by Crippen LogP contribution is -2.46. The van der Waals surface area contributed by atoms with E-state index in [1.165, 1.54) is 4.31 Å². The number of halogens is 1. The summed E-state index contributed by atoms with van der Waals surface area (Å²) in [6.07, 6.45) is 1.19. The van der Waals surface area contributed by atoms with Crippen LogP contribution in [0.25, 0.3) is 0 Å².